The average Bonchev–Trinajstić information content (AvgIpc) is 2.84. The van der Waals surface area contributed by atoms with Gasteiger partial charge in [0.1, 0.15) is 0 Å². The number of nitrogens with one attached hydrogen (secondary N) is 2. The molecule has 4 heteroatoms. The number of benzene rings is 2. The number of aromatic nitrogens is 2. The third-order valence-corrected chi connectivity index (χ3v) is 5.50. The predicted octanol–water partition coefficient (Wildman–Crippen LogP) is 6.36. The molecule has 4 nitrogen and oxygen atoms in total. The maximum atomic E-state index is 4.17. The lowest BCUT2D eigenvalue weighted by Gasteiger charge is -2.21. The van der Waals surface area contributed by atoms with Gasteiger partial charge in [0.05, 0.1) is 0 Å². The molecular weight excluding hydrogens is 392 g/mol. The average molecular weight is 417 g/mol. The summed E-state index contributed by atoms with van der Waals surface area (Å²) in [6, 6.07) is 21.1. The van der Waals surface area contributed by atoms with Crippen molar-refractivity contribution in [3.8, 4) is 0 Å². The SMILES string of the molecule is C(=C\c1ccc2c(c1)CNc1ccc(/C=C/c3cccnc3)cc1CN2)/c1cccnc1. The van der Waals surface area contributed by atoms with Gasteiger partial charge in [0.2, 0.25) is 0 Å². The Labute approximate surface area is 188 Å². The smallest absolute Gasteiger partial charge is 0.0421 e. The van der Waals surface area contributed by atoms with Gasteiger partial charge < -0.3 is 10.6 Å². The van der Waals surface area contributed by atoms with Crippen LogP contribution in [0.2, 0.25) is 0 Å². The van der Waals surface area contributed by atoms with Crippen molar-refractivity contribution >= 4 is 35.7 Å². The van der Waals surface area contributed by atoms with E-state index in [0.717, 1.165) is 35.6 Å². The second kappa shape index (κ2) is 9.31. The zero-order valence-corrected chi connectivity index (χ0v) is 17.7. The van der Waals surface area contributed by atoms with Crippen LogP contribution in [0.4, 0.5) is 11.4 Å². The highest BCUT2D eigenvalue weighted by molar-refractivity contribution is 5.73. The highest BCUT2D eigenvalue weighted by Gasteiger charge is 2.11. The first-order valence-corrected chi connectivity index (χ1v) is 10.7. The van der Waals surface area contributed by atoms with Crippen LogP contribution in [-0.2, 0) is 13.1 Å². The molecule has 156 valence electrons. The van der Waals surface area contributed by atoms with E-state index in [4.69, 9.17) is 0 Å². The standard InChI is InChI=1S/C28H24N4/c1-3-23(17-29-13-1)7-5-21-9-11-27-25(15-21)19-31-28-12-10-22(16-26(28)20-32-27)6-8-24-4-2-14-30-18-24/h1-18,31-32H,19-20H2/b7-5+,8-6+. The maximum Gasteiger partial charge on any atom is 0.0421 e. The summed E-state index contributed by atoms with van der Waals surface area (Å²) in [5.41, 5.74) is 9.38. The Morgan fingerprint density at radius 2 is 1.03 bits per heavy atom. The van der Waals surface area contributed by atoms with E-state index in [2.05, 4.69) is 93.4 Å². The van der Waals surface area contributed by atoms with Crippen LogP contribution in [0, 0.1) is 0 Å². The van der Waals surface area contributed by atoms with Gasteiger partial charge in [-0.25, -0.2) is 0 Å². The lowest BCUT2D eigenvalue weighted by molar-refractivity contribution is 1.05. The minimum Gasteiger partial charge on any atom is -0.381 e. The summed E-state index contributed by atoms with van der Waals surface area (Å²) in [6.07, 6.45) is 15.8. The summed E-state index contributed by atoms with van der Waals surface area (Å²) >= 11 is 0. The van der Waals surface area contributed by atoms with Crippen LogP contribution in [0.25, 0.3) is 24.3 Å². The third kappa shape index (κ3) is 4.76. The maximum absolute atomic E-state index is 4.17. The summed E-state index contributed by atoms with van der Waals surface area (Å²) in [4.78, 5) is 8.33. The molecule has 0 atom stereocenters. The normalized spacial score (nSPS) is 13.0. The van der Waals surface area contributed by atoms with Crippen molar-refractivity contribution in [1.29, 1.82) is 0 Å². The Kier molecular flexibility index (Phi) is 5.75. The van der Waals surface area contributed by atoms with Crippen molar-refractivity contribution in [3.63, 3.8) is 0 Å². The molecule has 2 N–H and O–H groups in total. The van der Waals surface area contributed by atoms with Crippen LogP contribution in [0.1, 0.15) is 33.4 Å². The monoisotopic (exact) mass is 416 g/mol. The lowest BCUT2D eigenvalue weighted by Crippen LogP contribution is -2.12. The molecule has 0 unspecified atom stereocenters. The van der Waals surface area contributed by atoms with E-state index < -0.39 is 0 Å². The van der Waals surface area contributed by atoms with E-state index in [9.17, 15) is 0 Å². The molecule has 32 heavy (non-hydrogen) atoms. The number of hydrogen-bond donors (Lipinski definition) is 2. The molecule has 3 heterocycles. The first kappa shape index (κ1) is 19.8. The van der Waals surface area contributed by atoms with Gasteiger partial charge in [-0.15, -0.1) is 0 Å². The Bertz CT molecular complexity index is 1160. The van der Waals surface area contributed by atoms with Crippen molar-refractivity contribution in [2.24, 2.45) is 0 Å². The fraction of sp³-hybridized carbons (Fsp3) is 0.0714. The van der Waals surface area contributed by atoms with Gasteiger partial charge in [-0.1, -0.05) is 48.6 Å². The molecule has 4 aromatic rings. The van der Waals surface area contributed by atoms with Crippen LogP contribution in [-0.4, -0.2) is 9.97 Å². The molecule has 0 saturated carbocycles. The number of rotatable bonds is 4. The zero-order chi connectivity index (χ0) is 21.6. The Morgan fingerprint density at radius 1 is 0.562 bits per heavy atom. The molecule has 2 aromatic heterocycles. The van der Waals surface area contributed by atoms with E-state index in [0.29, 0.717) is 0 Å². The second-order valence-corrected chi connectivity index (χ2v) is 7.78. The minimum atomic E-state index is 0.773. The highest BCUT2D eigenvalue weighted by atomic mass is 14.9. The van der Waals surface area contributed by atoms with Crippen molar-refractivity contribution in [1.82, 2.24) is 9.97 Å². The number of hydrogen-bond acceptors (Lipinski definition) is 4. The Morgan fingerprint density at radius 3 is 1.47 bits per heavy atom. The summed E-state index contributed by atoms with van der Waals surface area (Å²) in [5.74, 6) is 0. The molecule has 1 aliphatic rings. The second-order valence-electron chi connectivity index (χ2n) is 7.78. The number of anilines is 2. The van der Waals surface area contributed by atoms with Gasteiger partial charge in [-0.05, 0) is 69.8 Å². The van der Waals surface area contributed by atoms with Gasteiger partial charge in [0, 0.05) is 49.3 Å². The molecule has 2 aromatic carbocycles. The minimum absolute atomic E-state index is 0.773. The van der Waals surface area contributed by atoms with Gasteiger partial charge in [-0.2, -0.15) is 0 Å². The fourth-order valence-electron chi connectivity index (χ4n) is 3.79. The van der Waals surface area contributed by atoms with E-state index in [1.165, 1.54) is 22.3 Å². The molecule has 1 aliphatic heterocycles. The predicted molar refractivity (Wildman–Crippen MR) is 134 cm³/mol. The molecule has 0 radical (unpaired) electrons. The van der Waals surface area contributed by atoms with Crippen LogP contribution < -0.4 is 10.6 Å². The summed E-state index contributed by atoms with van der Waals surface area (Å²) < 4.78 is 0. The van der Waals surface area contributed by atoms with E-state index >= 15 is 0 Å². The molecular formula is C28H24N4. The molecule has 0 bridgehead atoms. The summed E-state index contributed by atoms with van der Waals surface area (Å²) in [6.45, 7) is 1.55. The zero-order valence-electron chi connectivity index (χ0n) is 17.7. The van der Waals surface area contributed by atoms with Crippen LogP contribution in [0.3, 0.4) is 0 Å². The molecule has 0 saturated heterocycles. The third-order valence-electron chi connectivity index (χ3n) is 5.50. The quantitative estimate of drug-likeness (QED) is 0.407. The van der Waals surface area contributed by atoms with E-state index in [-0.39, 0.29) is 0 Å². The number of fused-ring (bicyclic) bond motifs is 2. The first-order valence-electron chi connectivity index (χ1n) is 10.7. The topological polar surface area (TPSA) is 49.8 Å². The van der Waals surface area contributed by atoms with Gasteiger partial charge in [-0.3, -0.25) is 9.97 Å². The fourth-order valence-corrected chi connectivity index (χ4v) is 3.79. The van der Waals surface area contributed by atoms with E-state index in [1.54, 1.807) is 12.4 Å². The largest absolute Gasteiger partial charge is 0.381 e. The molecule has 5 rings (SSSR count). The van der Waals surface area contributed by atoms with Crippen LogP contribution in [0.5, 0.6) is 0 Å². The van der Waals surface area contributed by atoms with Crippen molar-refractivity contribution in [2.45, 2.75) is 13.1 Å². The van der Waals surface area contributed by atoms with Gasteiger partial charge in [0.25, 0.3) is 0 Å². The first-order chi connectivity index (χ1) is 15.8. The molecule has 0 aliphatic carbocycles. The molecule has 0 spiro atoms. The van der Waals surface area contributed by atoms with Crippen molar-refractivity contribution in [2.75, 3.05) is 10.6 Å². The Hall–Kier alpha value is -4.18. The van der Waals surface area contributed by atoms with Gasteiger partial charge >= 0.3 is 0 Å². The number of nitrogens with zero attached hydrogens (tertiary/aromatic N) is 2. The Balaban J connectivity index is 1.32. The summed E-state index contributed by atoms with van der Waals surface area (Å²) in [7, 11) is 0. The lowest BCUT2D eigenvalue weighted by atomic mass is 10.0. The van der Waals surface area contributed by atoms with E-state index in [1.807, 2.05) is 24.5 Å². The number of pyridine rings is 2. The van der Waals surface area contributed by atoms with Crippen molar-refractivity contribution in [3.05, 3.63) is 119 Å². The van der Waals surface area contributed by atoms with Gasteiger partial charge in [0.15, 0.2) is 0 Å². The van der Waals surface area contributed by atoms with Crippen LogP contribution in [0.15, 0.2) is 85.5 Å². The summed E-state index contributed by atoms with van der Waals surface area (Å²) in [5, 5.41) is 7.23. The molecule has 0 amide bonds. The molecule has 0 fully saturated rings. The van der Waals surface area contributed by atoms with Crippen molar-refractivity contribution < 1.29 is 0 Å². The van der Waals surface area contributed by atoms with Crippen LogP contribution >= 0.6 is 0 Å². The highest BCUT2D eigenvalue weighted by Crippen LogP contribution is 2.27.